The number of hydrogen-bond donors (Lipinski definition) is 0. The zero-order chi connectivity index (χ0) is 34.4. The third-order valence-electron chi connectivity index (χ3n) is 10.3. The highest BCUT2D eigenvalue weighted by atomic mass is 14.9. The molecule has 8 aromatic rings. The van der Waals surface area contributed by atoms with Crippen molar-refractivity contribution in [3.63, 3.8) is 0 Å². The molecule has 1 aliphatic rings. The van der Waals surface area contributed by atoms with Crippen LogP contribution in [0.1, 0.15) is 25.0 Å². The van der Waals surface area contributed by atoms with Gasteiger partial charge in [-0.15, -0.1) is 0 Å². The average Bonchev–Trinajstić information content (AvgIpc) is 3.43. The largest absolute Gasteiger partial charge is 0.228 e. The van der Waals surface area contributed by atoms with Gasteiger partial charge < -0.3 is 0 Å². The predicted molar refractivity (Wildman–Crippen MR) is 212 cm³/mol. The van der Waals surface area contributed by atoms with Crippen molar-refractivity contribution in [1.82, 2.24) is 9.97 Å². The van der Waals surface area contributed by atoms with Crippen LogP contribution in [0.3, 0.4) is 0 Å². The zero-order valence-electron chi connectivity index (χ0n) is 28.7. The molecule has 9 rings (SSSR count). The van der Waals surface area contributed by atoms with E-state index in [1.165, 1.54) is 44.5 Å². The number of hydrogen-bond acceptors (Lipinski definition) is 2. The molecule has 2 heteroatoms. The van der Waals surface area contributed by atoms with E-state index in [-0.39, 0.29) is 5.41 Å². The van der Waals surface area contributed by atoms with Crippen molar-refractivity contribution >= 4 is 0 Å². The molecular weight excluding hydrogens is 617 g/mol. The van der Waals surface area contributed by atoms with E-state index in [9.17, 15) is 0 Å². The van der Waals surface area contributed by atoms with E-state index >= 15 is 0 Å². The second-order valence-corrected chi connectivity index (χ2v) is 13.8. The minimum Gasteiger partial charge on any atom is -0.228 e. The van der Waals surface area contributed by atoms with E-state index in [0.717, 1.165) is 39.2 Å². The summed E-state index contributed by atoms with van der Waals surface area (Å²) in [5, 5.41) is 0. The number of fused-ring (bicyclic) bond motifs is 3. The monoisotopic (exact) mass is 652 g/mol. The first-order chi connectivity index (χ1) is 25.0. The van der Waals surface area contributed by atoms with Crippen molar-refractivity contribution in [2.24, 2.45) is 0 Å². The topological polar surface area (TPSA) is 25.8 Å². The summed E-state index contributed by atoms with van der Waals surface area (Å²) in [4.78, 5) is 10.2. The van der Waals surface area contributed by atoms with Crippen LogP contribution in [0.2, 0.25) is 0 Å². The molecule has 0 bridgehead atoms. The lowest BCUT2D eigenvalue weighted by Crippen LogP contribution is -2.15. The van der Waals surface area contributed by atoms with E-state index in [2.05, 4.69) is 184 Å². The summed E-state index contributed by atoms with van der Waals surface area (Å²) < 4.78 is 0. The van der Waals surface area contributed by atoms with Gasteiger partial charge in [-0.05, 0) is 86.0 Å². The average molecular weight is 653 g/mol. The van der Waals surface area contributed by atoms with Gasteiger partial charge in [0.1, 0.15) is 0 Å². The fourth-order valence-corrected chi connectivity index (χ4v) is 7.64. The Morgan fingerprint density at radius 3 is 1.41 bits per heavy atom. The van der Waals surface area contributed by atoms with Gasteiger partial charge in [0.05, 0.1) is 11.4 Å². The Hall–Kier alpha value is -6.38. The Balaban J connectivity index is 1.16. The summed E-state index contributed by atoms with van der Waals surface area (Å²) in [7, 11) is 0. The first kappa shape index (κ1) is 30.7. The molecule has 0 aliphatic heterocycles. The van der Waals surface area contributed by atoms with Crippen LogP contribution in [-0.2, 0) is 5.41 Å². The summed E-state index contributed by atoms with van der Waals surface area (Å²) in [5.41, 5.74) is 17.4. The predicted octanol–water partition coefficient (Wildman–Crippen LogP) is 12.8. The van der Waals surface area contributed by atoms with Crippen LogP contribution in [0.5, 0.6) is 0 Å². The van der Waals surface area contributed by atoms with Crippen molar-refractivity contribution in [1.29, 1.82) is 0 Å². The van der Waals surface area contributed by atoms with Gasteiger partial charge in [-0.25, -0.2) is 9.97 Å². The number of rotatable bonds is 6. The molecule has 1 heterocycles. The molecule has 0 atom stereocenters. The summed E-state index contributed by atoms with van der Waals surface area (Å²) >= 11 is 0. The molecule has 0 fully saturated rings. The van der Waals surface area contributed by atoms with Crippen molar-refractivity contribution in [3.05, 3.63) is 193 Å². The summed E-state index contributed by atoms with van der Waals surface area (Å²) in [6, 6.07) is 64.9. The first-order valence-electron chi connectivity index (χ1n) is 17.6. The van der Waals surface area contributed by atoms with Crippen LogP contribution < -0.4 is 0 Å². The maximum Gasteiger partial charge on any atom is 0.160 e. The molecule has 1 aliphatic carbocycles. The Kier molecular flexibility index (Phi) is 7.51. The van der Waals surface area contributed by atoms with Crippen LogP contribution in [0.25, 0.3) is 78.4 Å². The fourth-order valence-electron chi connectivity index (χ4n) is 7.64. The number of nitrogens with zero attached hydrogens (tertiary/aromatic N) is 2. The van der Waals surface area contributed by atoms with Crippen LogP contribution in [-0.4, -0.2) is 9.97 Å². The molecule has 0 saturated heterocycles. The highest BCUT2D eigenvalue weighted by Crippen LogP contribution is 2.52. The smallest absolute Gasteiger partial charge is 0.160 e. The minimum absolute atomic E-state index is 0.0886. The third kappa shape index (κ3) is 5.56. The van der Waals surface area contributed by atoms with Gasteiger partial charge in [-0.3, -0.25) is 0 Å². The lowest BCUT2D eigenvalue weighted by atomic mass is 9.80. The standard InChI is InChI=1S/C49H36N2/c1-49(2)44-27-13-12-26-40(44)43-30-41(33-16-6-3-7-17-33)42(31-45(43)49)38-24-14-22-36(28-38)37-23-15-25-39(29-37)48-50-46(34-18-8-4-9-19-34)32-47(51-48)35-20-10-5-11-21-35/h3-32H,1-2H3. The molecule has 0 spiro atoms. The maximum absolute atomic E-state index is 5.10. The van der Waals surface area contributed by atoms with Crippen molar-refractivity contribution < 1.29 is 0 Å². The van der Waals surface area contributed by atoms with E-state index in [1.807, 2.05) is 12.1 Å². The third-order valence-corrected chi connectivity index (χ3v) is 10.3. The second kappa shape index (κ2) is 12.5. The Labute approximate surface area is 299 Å². The number of benzene rings is 7. The van der Waals surface area contributed by atoms with Crippen molar-refractivity contribution in [3.8, 4) is 78.4 Å². The second-order valence-electron chi connectivity index (χ2n) is 13.8. The van der Waals surface area contributed by atoms with Gasteiger partial charge in [0.25, 0.3) is 0 Å². The molecule has 1 aromatic heterocycles. The SMILES string of the molecule is CC1(C)c2ccccc2-c2cc(-c3ccccc3)c(-c3cccc(-c4cccc(-c5nc(-c6ccccc6)cc(-c6ccccc6)n5)c4)c3)cc21. The quantitative estimate of drug-likeness (QED) is 0.179. The van der Waals surface area contributed by atoms with Crippen LogP contribution in [0.15, 0.2) is 182 Å². The van der Waals surface area contributed by atoms with Crippen molar-refractivity contribution in [2.75, 3.05) is 0 Å². The van der Waals surface area contributed by atoms with Gasteiger partial charge in [-0.2, -0.15) is 0 Å². The zero-order valence-corrected chi connectivity index (χ0v) is 28.7. The molecular formula is C49H36N2. The van der Waals surface area contributed by atoms with Crippen LogP contribution in [0.4, 0.5) is 0 Å². The van der Waals surface area contributed by atoms with Crippen LogP contribution in [0, 0.1) is 0 Å². The van der Waals surface area contributed by atoms with Crippen LogP contribution >= 0.6 is 0 Å². The molecule has 7 aromatic carbocycles. The molecule has 0 saturated carbocycles. The van der Waals surface area contributed by atoms with Gasteiger partial charge >= 0.3 is 0 Å². The molecule has 2 nitrogen and oxygen atoms in total. The molecule has 0 radical (unpaired) electrons. The summed E-state index contributed by atoms with van der Waals surface area (Å²) in [6.45, 7) is 4.70. The first-order valence-corrected chi connectivity index (χ1v) is 17.6. The lowest BCUT2D eigenvalue weighted by molar-refractivity contribution is 0.660. The van der Waals surface area contributed by atoms with Gasteiger partial charge in [-0.1, -0.05) is 166 Å². The minimum atomic E-state index is -0.0886. The molecule has 51 heavy (non-hydrogen) atoms. The Morgan fingerprint density at radius 1 is 0.314 bits per heavy atom. The van der Waals surface area contributed by atoms with E-state index in [4.69, 9.17) is 9.97 Å². The normalized spacial score (nSPS) is 12.7. The van der Waals surface area contributed by atoms with Gasteiger partial charge in [0.2, 0.25) is 0 Å². The fraction of sp³-hybridized carbons (Fsp3) is 0.0612. The van der Waals surface area contributed by atoms with E-state index < -0.39 is 0 Å². The number of aromatic nitrogens is 2. The Bertz CT molecular complexity index is 2480. The lowest BCUT2D eigenvalue weighted by Gasteiger charge is -2.23. The van der Waals surface area contributed by atoms with Gasteiger partial charge in [0, 0.05) is 22.1 Å². The van der Waals surface area contributed by atoms with E-state index in [0.29, 0.717) is 5.82 Å². The van der Waals surface area contributed by atoms with Gasteiger partial charge in [0.15, 0.2) is 5.82 Å². The molecule has 242 valence electrons. The highest BCUT2D eigenvalue weighted by Gasteiger charge is 2.36. The summed E-state index contributed by atoms with van der Waals surface area (Å²) in [6.07, 6.45) is 0. The maximum atomic E-state index is 5.10. The molecule has 0 N–H and O–H groups in total. The molecule has 0 unspecified atom stereocenters. The Morgan fingerprint density at radius 2 is 0.784 bits per heavy atom. The highest BCUT2D eigenvalue weighted by molar-refractivity contribution is 5.93. The van der Waals surface area contributed by atoms with E-state index in [1.54, 1.807) is 0 Å². The molecule has 0 amide bonds. The van der Waals surface area contributed by atoms with Crippen molar-refractivity contribution in [2.45, 2.75) is 19.3 Å². The summed E-state index contributed by atoms with van der Waals surface area (Å²) in [5.74, 6) is 0.708.